The van der Waals surface area contributed by atoms with Gasteiger partial charge in [0, 0.05) is 9.37 Å². The van der Waals surface area contributed by atoms with E-state index in [2.05, 4.69) is 22.0 Å². The average molecular weight is 320 g/mol. The van der Waals surface area contributed by atoms with E-state index in [1.807, 2.05) is 36.6 Å². The Kier molecular flexibility index (Phi) is 4.29. The molecule has 4 heteroatoms. The lowest BCUT2D eigenvalue weighted by molar-refractivity contribution is 0.480. The van der Waals surface area contributed by atoms with Gasteiger partial charge in [0.25, 0.3) is 0 Å². The molecule has 0 saturated heterocycles. The zero-order valence-corrected chi connectivity index (χ0v) is 12.1. The van der Waals surface area contributed by atoms with Gasteiger partial charge in [-0.2, -0.15) is 5.26 Å². The molecule has 0 saturated carbocycles. The maximum absolute atomic E-state index is 9.02. The second-order valence-electron chi connectivity index (χ2n) is 3.53. The minimum absolute atomic E-state index is 0.521. The first-order valence-corrected chi connectivity index (χ1v) is 7.26. The van der Waals surface area contributed by atoms with Gasteiger partial charge in [0.15, 0.2) is 0 Å². The lowest BCUT2D eigenvalue weighted by atomic mass is 10.2. The summed E-state index contributed by atoms with van der Waals surface area (Å²) in [6, 6.07) is 15.2. The third-order valence-electron chi connectivity index (χ3n) is 2.35. The molecule has 0 fully saturated rings. The molecule has 2 aromatic carbocycles. The van der Waals surface area contributed by atoms with Crippen LogP contribution in [0.15, 0.2) is 51.8 Å². The number of ether oxygens (including phenoxy) is 1. The summed E-state index contributed by atoms with van der Waals surface area (Å²) in [6.45, 7) is 0. The van der Waals surface area contributed by atoms with Gasteiger partial charge >= 0.3 is 0 Å². The molecule has 0 heterocycles. The summed E-state index contributed by atoms with van der Waals surface area (Å²) in [5.74, 6) is 1.28. The predicted octanol–water partition coefficient (Wildman–Crippen LogP) is 4.83. The Morgan fingerprint density at radius 1 is 1.17 bits per heavy atom. The van der Waals surface area contributed by atoms with Gasteiger partial charge in [-0.05, 0) is 48.7 Å². The SMILES string of the molecule is CSc1ccc(Oc2cc(Br)ccc2C#N)cc1. The van der Waals surface area contributed by atoms with Crippen LogP contribution in [0.5, 0.6) is 11.5 Å². The van der Waals surface area contributed by atoms with E-state index >= 15 is 0 Å². The Hall–Kier alpha value is -1.44. The second kappa shape index (κ2) is 5.94. The van der Waals surface area contributed by atoms with Crippen LogP contribution in [0.25, 0.3) is 0 Å². The van der Waals surface area contributed by atoms with E-state index in [0.717, 1.165) is 10.2 Å². The summed E-state index contributed by atoms with van der Waals surface area (Å²) in [5.41, 5.74) is 0.521. The van der Waals surface area contributed by atoms with E-state index in [4.69, 9.17) is 10.00 Å². The van der Waals surface area contributed by atoms with Crippen molar-refractivity contribution >= 4 is 27.7 Å². The van der Waals surface area contributed by atoms with Crippen molar-refractivity contribution < 1.29 is 4.74 Å². The zero-order valence-electron chi connectivity index (χ0n) is 9.68. The highest BCUT2D eigenvalue weighted by atomic mass is 79.9. The Balaban J connectivity index is 2.27. The molecule has 0 aliphatic rings. The van der Waals surface area contributed by atoms with Gasteiger partial charge in [-0.25, -0.2) is 0 Å². The lowest BCUT2D eigenvalue weighted by Gasteiger charge is -2.08. The van der Waals surface area contributed by atoms with E-state index in [9.17, 15) is 0 Å². The van der Waals surface area contributed by atoms with E-state index < -0.39 is 0 Å². The van der Waals surface area contributed by atoms with Crippen molar-refractivity contribution in [3.8, 4) is 17.6 Å². The van der Waals surface area contributed by atoms with Gasteiger partial charge in [0.05, 0.1) is 5.56 Å². The van der Waals surface area contributed by atoms with Crippen LogP contribution in [-0.4, -0.2) is 6.26 Å². The number of thioether (sulfide) groups is 1. The number of hydrogen-bond acceptors (Lipinski definition) is 3. The van der Waals surface area contributed by atoms with Gasteiger partial charge in [-0.15, -0.1) is 11.8 Å². The van der Waals surface area contributed by atoms with Crippen molar-refractivity contribution in [2.75, 3.05) is 6.26 Å². The monoisotopic (exact) mass is 319 g/mol. The molecule has 2 rings (SSSR count). The molecule has 0 aromatic heterocycles. The Morgan fingerprint density at radius 3 is 2.50 bits per heavy atom. The van der Waals surface area contributed by atoms with Crippen molar-refractivity contribution in [1.29, 1.82) is 5.26 Å². The highest BCUT2D eigenvalue weighted by molar-refractivity contribution is 9.10. The summed E-state index contributed by atoms with van der Waals surface area (Å²) < 4.78 is 6.61. The maximum atomic E-state index is 9.02. The largest absolute Gasteiger partial charge is 0.456 e. The van der Waals surface area contributed by atoms with Crippen molar-refractivity contribution in [2.45, 2.75) is 4.90 Å². The third kappa shape index (κ3) is 3.06. The highest BCUT2D eigenvalue weighted by Crippen LogP contribution is 2.29. The third-order valence-corrected chi connectivity index (χ3v) is 3.59. The first-order chi connectivity index (χ1) is 8.72. The second-order valence-corrected chi connectivity index (χ2v) is 5.33. The fraction of sp³-hybridized carbons (Fsp3) is 0.0714. The van der Waals surface area contributed by atoms with E-state index in [-0.39, 0.29) is 0 Å². The highest BCUT2D eigenvalue weighted by Gasteiger charge is 2.05. The van der Waals surface area contributed by atoms with Gasteiger partial charge in [0.2, 0.25) is 0 Å². The first kappa shape index (κ1) is 13.0. The number of hydrogen-bond donors (Lipinski definition) is 0. The van der Waals surface area contributed by atoms with Crippen LogP contribution in [0.1, 0.15) is 5.56 Å². The fourth-order valence-corrected chi connectivity index (χ4v) is 2.19. The Labute approximate surface area is 119 Å². The molecule has 0 unspecified atom stereocenters. The van der Waals surface area contributed by atoms with Crippen LogP contribution in [0.4, 0.5) is 0 Å². The molecule has 0 aliphatic heterocycles. The molecule has 0 spiro atoms. The summed E-state index contributed by atoms with van der Waals surface area (Å²) in [4.78, 5) is 1.18. The summed E-state index contributed by atoms with van der Waals surface area (Å²) in [6.07, 6.45) is 2.03. The number of halogens is 1. The molecule has 0 radical (unpaired) electrons. The molecule has 2 nitrogen and oxygen atoms in total. The predicted molar refractivity (Wildman–Crippen MR) is 77.2 cm³/mol. The number of nitriles is 1. The lowest BCUT2D eigenvalue weighted by Crippen LogP contribution is -1.88. The Bertz CT molecular complexity index is 590. The summed E-state index contributed by atoms with van der Waals surface area (Å²) in [5, 5.41) is 9.02. The molecular weight excluding hydrogens is 310 g/mol. The molecule has 18 heavy (non-hydrogen) atoms. The summed E-state index contributed by atoms with van der Waals surface area (Å²) >= 11 is 5.05. The number of rotatable bonds is 3. The molecule has 2 aromatic rings. The smallest absolute Gasteiger partial charge is 0.146 e. The van der Waals surface area contributed by atoms with Crippen molar-refractivity contribution in [3.05, 3.63) is 52.5 Å². The quantitative estimate of drug-likeness (QED) is 0.759. The van der Waals surface area contributed by atoms with Crippen LogP contribution in [0.3, 0.4) is 0 Å². The molecule has 0 N–H and O–H groups in total. The van der Waals surface area contributed by atoms with E-state index in [0.29, 0.717) is 11.3 Å². The van der Waals surface area contributed by atoms with Crippen LogP contribution in [0, 0.1) is 11.3 Å². The number of benzene rings is 2. The fourth-order valence-electron chi connectivity index (χ4n) is 1.44. The molecule has 0 bridgehead atoms. The molecule has 0 aliphatic carbocycles. The van der Waals surface area contributed by atoms with E-state index in [1.54, 1.807) is 23.9 Å². The van der Waals surface area contributed by atoms with Gasteiger partial charge in [-0.1, -0.05) is 15.9 Å². The first-order valence-electron chi connectivity index (χ1n) is 5.24. The van der Waals surface area contributed by atoms with Crippen LogP contribution < -0.4 is 4.74 Å². The Morgan fingerprint density at radius 2 is 1.89 bits per heavy atom. The maximum Gasteiger partial charge on any atom is 0.146 e. The molecule has 90 valence electrons. The minimum atomic E-state index is 0.521. The average Bonchev–Trinajstić information content (AvgIpc) is 2.40. The van der Waals surface area contributed by atoms with E-state index in [1.165, 1.54) is 4.90 Å². The number of nitrogens with zero attached hydrogens (tertiary/aromatic N) is 1. The van der Waals surface area contributed by atoms with Crippen LogP contribution in [-0.2, 0) is 0 Å². The van der Waals surface area contributed by atoms with Crippen molar-refractivity contribution in [3.63, 3.8) is 0 Å². The van der Waals surface area contributed by atoms with Gasteiger partial charge in [0.1, 0.15) is 17.6 Å². The topological polar surface area (TPSA) is 33.0 Å². The summed E-state index contributed by atoms with van der Waals surface area (Å²) in [7, 11) is 0. The molecule has 0 amide bonds. The minimum Gasteiger partial charge on any atom is -0.456 e. The van der Waals surface area contributed by atoms with Gasteiger partial charge < -0.3 is 4.74 Å². The standard InChI is InChI=1S/C14H10BrNOS/c1-18-13-6-4-12(5-7-13)17-14-8-11(15)3-2-10(14)9-16/h2-8H,1H3. The normalized spacial score (nSPS) is 9.83. The van der Waals surface area contributed by atoms with Crippen molar-refractivity contribution in [2.24, 2.45) is 0 Å². The van der Waals surface area contributed by atoms with Gasteiger partial charge in [-0.3, -0.25) is 0 Å². The molecule has 0 atom stereocenters. The molecular formula is C14H10BrNOS. The van der Waals surface area contributed by atoms with Crippen LogP contribution >= 0.6 is 27.7 Å². The van der Waals surface area contributed by atoms with Crippen molar-refractivity contribution in [1.82, 2.24) is 0 Å². The van der Waals surface area contributed by atoms with Crippen LogP contribution in [0.2, 0.25) is 0 Å². The zero-order chi connectivity index (χ0) is 13.0.